The van der Waals surface area contributed by atoms with Crippen LogP contribution < -0.4 is 4.90 Å². The summed E-state index contributed by atoms with van der Waals surface area (Å²) in [4.78, 5) is 28.7. The van der Waals surface area contributed by atoms with E-state index in [2.05, 4.69) is 10.0 Å². The van der Waals surface area contributed by atoms with Crippen LogP contribution in [0.25, 0.3) is 0 Å². The van der Waals surface area contributed by atoms with Crippen molar-refractivity contribution in [3.05, 3.63) is 64.7 Å². The Morgan fingerprint density at radius 3 is 2.59 bits per heavy atom. The molecule has 0 radical (unpaired) electrons. The van der Waals surface area contributed by atoms with E-state index in [9.17, 15) is 9.59 Å². The van der Waals surface area contributed by atoms with E-state index in [0.29, 0.717) is 38.5 Å². The summed E-state index contributed by atoms with van der Waals surface area (Å²) < 4.78 is 10.4. The van der Waals surface area contributed by atoms with Gasteiger partial charge in [-0.1, -0.05) is 18.2 Å². The highest BCUT2D eigenvalue weighted by Crippen LogP contribution is 2.23. The van der Waals surface area contributed by atoms with Gasteiger partial charge >= 0.3 is 5.97 Å². The minimum Gasteiger partial charge on any atom is -0.465 e. The zero-order chi connectivity index (χ0) is 23.9. The molecule has 0 bridgehead atoms. The molecule has 1 amide bonds. The third-order valence-electron chi connectivity index (χ3n) is 6.15. The number of carbonyl (C=O) groups is 2. The smallest absolute Gasteiger partial charge is 0.320 e. The van der Waals surface area contributed by atoms with Crippen molar-refractivity contribution in [1.82, 2.24) is 9.91 Å². The molecule has 0 spiro atoms. The summed E-state index contributed by atoms with van der Waals surface area (Å²) >= 11 is 0. The average Bonchev–Trinajstić information content (AvgIpc) is 2.87. The zero-order valence-corrected chi connectivity index (χ0v) is 19.9. The van der Waals surface area contributed by atoms with Gasteiger partial charge in [0.2, 0.25) is 0 Å². The summed E-state index contributed by atoms with van der Waals surface area (Å²) in [7, 11) is 1.79. The third-order valence-corrected chi connectivity index (χ3v) is 6.15. The molecule has 1 fully saturated rings. The molecular formula is C26H32N4O4. The summed E-state index contributed by atoms with van der Waals surface area (Å²) in [5, 5.41) is 6.50. The lowest BCUT2D eigenvalue weighted by atomic mass is 9.97. The van der Waals surface area contributed by atoms with E-state index in [1.807, 2.05) is 60.6 Å². The van der Waals surface area contributed by atoms with E-state index in [1.165, 1.54) is 0 Å². The van der Waals surface area contributed by atoms with Crippen LogP contribution in [0, 0.1) is 0 Å². The van der Waals surface area contributed by atoms with Gasteiger partial charge in [0.1, 0.15) is 0 Å². The maximum Gasteiger partial charge on any atom is 0.320 e. The molecule has 2 aliphatic heterocycles. The number of anilines is 1. The highest BCUT2D eigenvalue weighted by Gasteiger charge is 2.21. The topological polar surface area (TPSA) is 74.7 Å². The molecule has 0 aromatic heterocycles. The van der Waals surface area contributed by atoms with Crippen LogP contribution in [0.2, 0.25) is 0 Å². The fraction of sp³-hybridized carbons (Fsp3) is 0.423. The molecule has 0 atom stereocenters. The van der Waals surface area contributed by atoms with Gasteiger partial charge in [-0.05, 0) is 54.3 Å². The second-order valence-corrected chi connectivity index (χ2v) is 8.52. The largest absolute Gasteiger partial charge is 0.465 e. The second-order valence-electron chi connectivity index (χ2n) is 8.52. The number of ether oxygens (including phenoxy) is 2. The van der Waals surface area contributed by atoms with Crippen LogP contribution in [0.15, 0.2) is 47.6 Å². The van der Waals surface area contributed by atoms with Crippen LogP contribution >= 0.6 is 0 Å². The van der Waals surface area contributed by atoms with Crippen LogP contribution in [-0.4, -0.2) is 81.0 Å². The van der Waals surface area contributed by atoms with Gasteiger partial charge in [-0.15, -0.1) is 0 Å². The van der Waals surface area contributed by atoms with E-state index in [0.717, 1.165) is 48.4 Å². The van der Waals surface area contributed by atoms with Crippen molar-refractivity contribution < 1.29 is 19.1 Å². The predicted octanol–water partition coefficient (Wildman–Crippen LogP) is 2.55. The predicted molar refractivity (Wildman–Crippen MR) is 131 cm³/mol. The Labute approximate surface area is 200 Å². The first kappa shape index (κ1) is 23.9. The fourth-order valence-electron chi connectivity index (χ4n) is 4.18. The number of fused-ring (bicyclic) bond motifs is 1. The van der Waals surface area contributed by atoms with Crippen molar-refractivity contribution in [1.29, 1.82) is 0 Å². The minimum absolute atomic E-state index is 0.0495. The number of benzene rings is 2. The van der Waals surface area contributed by atoms with Gasteiger partial charge in [0.25, 0.3) is 5.91 Å². The molecule has 0 saturated carbocycles. The summed E-state index contributed by atoms with van der Waals surface area (Å²) in [6.07, 6.45) is 2.64. The van der Waals surface area contributed by atoms with Crippen molar-refractivity contribution in [2.24, 2.45) is 5.10 Å². The first-order valence-electron chi connectivity index (χ1n) is 11.8. The Morgan fingerprint density at radius 1 is 1.09 bits per heavy atom. The molecule has 2 aromatic rings. The SMILES string of the molecule is CCOC(=O)CN1CCc2cc(C(=O)N(C)c3ccc(C=NN4CCOCC4)cc3)ccc2C1. The Kier molecular flexibility index (Phi) is 7.92. The van der Waals surface area contributed by atoms with Gasteiger partial charge in [0.15, 0.2) is 0 Å². The van der Waals surface area contributed by atoms with Crippen molar-refractivity contribution in [3.8, 4) is 0 Å². The summed E-state index contributed by atoms with van der Waals surface area (Å²) in [5.74, 6) is -0.246. The van der Waals surface area contributed by atoms with Gasteiger partial charge in [0, 0.05) is 31.4 Å². The van der Waals surface area contributed by atoms with E-state index in [4.69, 9.17) is 9.47 Å². The lowest BCUT2D eigenvalue weighted by molar-refractivity contribution is -0.144. The lowest BCUT2D eigenvalue weighted by Crippen LogP contribution is -2.36. The van der Waals surface area contributed by atoms with Crippen LogP contribution in [0.5, 0.6) is 0 Å². The Bertz CT molecular complexity index is 1030. The number of hydrogen-bond donors (Lipinski definition) is 0. The maximum atomic E-state index is 13.1. The Hall–Kier alpha value is -3.23. The van der Waals surface area contributed by atoms with Crippen molar-refractivity contribution >= 4 is 23.8 Å². The molecule has 8 heteroatoms. The first-order chi connectivity index (χ1) is 16.5. The van der Waals surface area contributed by atoms with Crippen LogP contribution in [0.1, 0.15) is 34.0 Å². The molecule has 4 rings (SSSR count). The van der Waals surface area contributed by atoms with Gasteiger partial charge in [0.05, 0.1) is 45.7 Å². The second kappa shape index (κ2) is 11.3. The van der Waals surface area contributed by atoms with E-state index in [-0.39, 0.29) is 11.9 Å². The molecular weight excluding hydrogens is 432 g/mol. The molecule has 2 heterocycles. The fourth-order valence-corrected chi connectivity index (χ4v) is 4.18. The molecule has 8 nitrogen and oxygen atoms in total. The van der Waals surface area contributed by atoms with Gasteiger partial charge < -0.3 is 14.4 Å². The number of amides is 1. The summed E-state index contributed by atoms with van der Waals surface area (Å²) in [6.45, 7) is 6.98. The monoisotopic (exact) mass is 464 g/mol. The van der Waals surface area contributed by atoms with Gasteiger partial charge in [-0.3, -0.25) is 19.5 Å². The maximum absolute atomic E-state index is 13.1. The van der Waals surface area contributed by atoms with E-state index in [1.54, 1.807) is 11.9 Å². The molecule has 1 saturated heterocycles. The van der Waals surface area contributed by atoms with Crippen molar-refractivity contribution in [3.63, 3.8) is 0 Å². The first-order valence-corrected chi connectivity index (χ1v) is 11.8. The quantitative estimate of drug-likeness (QED) is 0.463. The highest BCUT2D eigenvalue weighted by atomic mass is 16.5. The van der Waals surface area contributed by atoms with Crippen LogP contribution in [-0.2, 0) is 27.2 Å². The number of nitrogens with zero attached hydrogens (tertiary/aromatic N) is 4. The minimum atomic E-state index is -0.197. The molecule has 2 aliphatic rings. The number of morpholine rings is 1. The standard InChI is InChI=1S/C26H32N4O4/c1-3-34-25(31)19-29-11-10-21-16-22(6-7-23(21)18-29)26(32)28(2)24-8-4-20(5-9-24)17-27-30-12-14-33-15-13-30/h4-9,16-17H,3,10-15,18-19H2,1-2H3. The number of hydrazone groups is 1. The van der Waals surface area contributed by atoms with E-state index < -0.39 is 0 Å². The third kappa shape index (κ3) is 6.01. The van der Waals surface area contributed by atoms with Crippen LogP contribution in [0.4, 0.5) is 5.69 Å². The number of esters is 1. The summed E-state index contributed by atoms with van der Waals surface area (Å²) in [5.41, 5.74) is 4.79. The molecule has 2 aromatic carbocycles. The number of rotatable bonds is 7. The number of hydrogen-bond acceptors (Lipinski definition) is 7. The highest BCUT2D eigenvalue weighted by molar-refractivity contribution is 6.06. The molecule has 0 unspecified atom stereocenters. The summed E-state index contributed by atoms with van der Waals surface area (Å²) in [6, 6.07) is 13.7. The average molecular weight is 465 g/mol. The molecule has 180 valence electrons. The lowest BCUT2D eigenvalue weighted by Gasteiger charge is -2.28. The van der Waals surface area contributed by atoms with E-state index >= 15 is 0 Å². The van der Waals surface area contributed by atoms with Crippen LogP contribution in [0.3, 0.4) is 0 Å². The molecule has 34 heavy (non-hydrogen) atoms. The number of carbonyl (C=O) groups excluding carboxylic acids is 2. The molecule has 0 aliphatic carbocycles. The zero-order valence-electron chi connectivity index (χ0n) is 19.9. The Morgan fingerprint density at radius 2 is 1.85 bits per heavy atom. The van der Waals surface area contributed by atoms with Crippen molar-refractivity contribution in [2.45, 2.75) is 19.9 Å². The van der Waals surface area contributed by atoms with Gasteiger partial charge in [-0.25, -0.2) is 0 Å². The van der Waals surface area contributed by atoms with Gasteiger partial charge in [-0.2, -0.15) is 5.10 Å². The normalized spacial score (nSPS) is 16.4. The Balaban J connectivity index is 1.37. The van der Waals surface area contributed by atoms with Crippen molar-refractivity contribution in [2.75, 3.05) is 57.9 Å². The molecule has 0 N–H and O–H groups in total.